The van der Waals surface area contributed by atoms with Gasteiger partial charge in [-0.2, -0.15) is 13.2 Å². The maximum Gasteiger partial charge on any atom is 0.434 e. The van der Waals surface area contributed by atoms with E-state index in [0.717, 1.165) is 22.3 Å². The van der Waals surface area contributed by atoms with Crippen LogP contribution in [0.15, 0.2) is 23.6 Å². The molecule has 11 heteroatoms. The Hall–Kier alpha value is -2.92. The van der Waals surface area contributed by atoms with E-state index in [-0.39, 0.29) is 22.8 Å². The van der Waals surface area contributed by atoms with Crippen LogP contribution in [0.4, 0.5) is 13.2 Å². The summed E-state index contributed by atoms with van der Waals surface area (Å²) >= 11 is 0.868. The lowest BCUT2D eigenvalue weighted by Gasteiger charge is -2.35. The Kier molecular flexibility index (Phi) is 6.68. The van der Waals surface area contributed by atoms with Crippen molar-refractivity contribution in [3.63, 3.8) is 0 Å². The zero-order valence-corrected chi connectivity index (χ0v) is 19.9. The molecule has 34 heavy (non-hydrogen) atoms. The summed E-state index contributed by atoms with van der Waals surface area (Å²) in [6.45, 7) is 2.46. The molecule has 1 aromatic carbocycles. The Balaban J connectivity index is 1.77. The third-order valence-corrected chi connectivity index (χ3v) is 6.83. The van der Waals surface area contributed by atoms with Gasteiger partial charge in [-0.25, -0.2) is 9.97 Å². The van der Waals surface area contributed by atoms with Crippen LogP contribution in [0, 0.1) is 6.92 Å². The molecule has 0 bridgehead atoms. The van der Waals surface area contributed by atoms with Crippen LogP contribution < -0.4 is 9.47 Å². The van der Waals surface area contributed by atoms with Crippen LogP contribution in [0.2, 0.25) is 0 Å². The topological polar surface area (TPSA) is 73.8 Å². The molecule has 3 heterocycles. The number of pyridine rings is 1. The fourth-order valence-electron chi connectivity index (χ4n) is 4.08. The number of likely N-dealkylation sites (tertiary alicyclic amines) is 1. The lowest BCUT2D eigenvalue weighted by atomic mass is 9.99. The lowest BCUT2D eigenvalue weighted by Crippen LogP contribution is -2.48. The number of rotatable bonds is 5. The first-order valence-corrected chi connectivity index (χ1v) is 11.5. The van der Waals surface area contributed by atoms with Crippen molar-refractivity contribution in [3.8, 4) is 22.2 Å². The molecule has 0 unspecified atom stereocenters. The van der Waals surface area contributed by atoms with Crippen molar-refractivity contribution in [1.82, 2.24) is 14.9 Å². The van der Waals surface area contributed by atoms with Gasteiger partial charge < -0.3 is 14.2 Å². The van der Waals surface area contributed by atoms with Gasteiger partial charge in [-0.3, -0.25) is 9.69 Å². The third kappa shape index (κ3) is 4.67. The molecule has 1 aliphatic heterocycles. The lowest BCUT2D eigenvalue weighted by molar-refractivity contribution is -0.149. The molecule has 0 spiro atoms. The second-order valence-electron chi connectivity index (χ2n) is 8.11. The molecule has 1 aliphatic rings. The van der Waals surface area contributed by atoms with Crippen LogP contribution in [0.25, 0.3) is 21.6 Å². The molecule has 0 saturated carbocycles. The van der Waals surface area contributed by atoms with Crippen molar-refractivity contribution < 1.29 is 32.2 Å². The Morgan fingerprint density at radius 2 is 1.97 bits per heavy atom. The fourth-order valence-corrected chi connectivity index (χ4v) is 4.86. The number of methoxy groups -OCH3 is 2. The largest absolute Gasteiger partial charge is 0.496 e. The van der Waals surface area contributed by atoms with Gasteiger partial charge in [0, 0.05) is 35.4 Å². The molecule has 1 fully saturated rings. The number of hydrogen-bond donors (Lipinski definition) is 0. The highest BCUT2D eigenvalue weighted by Crippen LogP contribution is 2.39. The summed E-state index contributed by atoms with van der Waals surface area (Å²) in [6.07, 6.45) is -3.73. The molecule has 2 atom stereocenters. The van der Waals surface area contributed by atoms with Crippen molar-refractivity contribution in [3.05, 3.63) is 34.8 Å². The second kappa shape index (κ2) is 9.38. The van der Waals surface area contributed by atoms with E-state index in [1.165, 1.54) is 14.2 Å². The quantitative estimate of drug-likeness (QED) is 0.475. The van der Waals surface area contributed by atoms with E-state index in [2.05, 4.69) is 9.97 Å². The number of nitrogens with zero attached hydrogens (tertiary/aromatic N) is 3. The summed E-state index contributed by atoms with van der Waals surface area (Å²) in [5.74, 6) is 0.732. The number of ether oxygens (including phenoxy) is 3. The van der Waals surface area contributed by atoms with Crippen molar-refractivity contribution in [2.45, 2.75) is 38.1 Å². The molecule has 3 aromatic rings. The van der Waals surface area contributed by atoms with Gasteiger partial charge in [0.05, 0.1) is 19.7 Å². The van der Waals surface area contributed by atoms with Gasteiger partial charge in [0.1, 0.15) is 34.3 Å². The van der Waals surface area contributed by atoms with Crippen LogP contribution in [0.1, 0.15) is 24.1 Å². The van der Waals surface area contributed by atoms with Gasteiger partial charge in [0.15, 0.2) is 5.69 Å². The summed E-state index contributed by atoms with van der Waals surface area (Å²) in [4.78, 5) is 22.5. The summed E-state index contributed by atoms with van der Waals surface area (Å²) in [5.41, 5.74) is 0.593. The number of alkyl halides is 3. The first kappa shape index (κ1) is 24.2. The molecule has 0 N–H and O–H groups in total. The number of fused-ring (bicyclic) bond motifs is 1. The number of hydrogen-bond acceptors (Lipinski definition) is 8. The zero-order chi connectivity index (χ0) is 24.6. The predicted octanol–water partition coefficient (Wildman–Crippen LogP) is 4.71. The number of carbonyl (C=O) groups is 1. The monoisotopic (exact) mass is 495 g/mol. The Morgan fingerprint density at radius 3 is 2.62 bits per heavy atom. The van der Waals surface area contributed by atoms with Gasteiger partial charge in [-0.1, -0.05) is 0 Å². The van der Waals surface area contributed by atoms with E-state index < -0.39 is 17.9 Å². The number of aromatic nitrogens is 2. The van der Waals surface area contributed by atoms with Crippen LogP contribution in [0.5, 0.6) is 11.5 Å². The van der Waals surface area contributed by atoms with E-state index in [0.29, 0.717) is 41.8 Å². The molecule has 4 rings (SSSR count). The van der Waals surface area contributed by atoms with Crippen LogP contribution in [0.3, 0.4) is 0 Å². The molecule has 0 aliphatic carbocycles. The van der Waals surface area contributed by atoms with Gasteiger partial charge >= 0.3 is 12.1 Å². The van der Waals surface area contributed by atoms with Crippen molar-refractivity contribution in [1.29, 1.82) is 0 Å². The van der Waals surface area contributed by atoms with Crippen molar-refractivity contribution >= 4 is 28.2 Å². The third-order valence-electron chi connectivity index (χ3n) is 5.97. The first-order chi connectivity index (χ1) is 16.1. The van der Waals surface area contributed by atoms with E-state index in [9.17, 15) is 18.0 Å². The number of aryl methyl sites for hydroxylation is 1. The van der Waals surface area contributed by atoms with Gasteiger partial charge in [0.2, 0.25) is 0 Å². The molecular weight excluding hydrogens is 471 g/mol. The van der Waals surface area contributed by atoms with Gasteiger partial charge in [-0.15, -0.1) is 11.3 Å². The zero-order valence-electron chi connectivity index (χ0n) is 19.1. The average Bonchev–Trinajstić information content (AvgIpc) is 3.31. The highest BCUT2D eigenvalue weighted by molar-refractivity contribution is 7.13. The summed E-state index contributed by atoms with van der Waals surface area (Å²) in [5, 5.41) is 1.80. The van der Waals surface area contributed by atoms with Crippen LogP contribution in [-0.2, 0) is 15.7 Å². The predicted molar refractivity (Wildman–Crippen MR) is 121 cm³/mol. The molecular formula is C23H24F3N3O4S. The molecule has 2 aromatic heterocycles. The van der Waals surface area contributed by atoms with Crippen molar-refractivity contribution in [2.75, 3.05) is 27.8 Å². The standard InChI is InChI=1S/C23H24F3N3O4S/c1-12-17(31-3)6-5-14-18(33-13-7-8-29(2)16(9-13)22(30)32-4)10-15(27-20(12)14)21-28-19(11-34-21)23(24,25)26/h5-6,10-11,13,16H,7-9H2,1-4H3/t13-,16-/m0/s1. The van der Waals surface area contributed by atoms with Crippen LogP contribution in [-0.4, -0.2) is 60.8 Å². The second-order valence-corrected chi connectivity index (χ2v) is 8.97. The SMILES string of the molecule is COC(=O)[C@@H]1C[C@@H](Oc2cc(-c3nc(C(F)(F)F)cs3)nc3c(C)c(OC)ccc23)CCN1C. The minimum absolute atomic E-state index is 0.136. The number of likely N-dealkylation sites (N-methyl/N-ethyl adjacent to an activating group) is 1. The minimum Gasteiger partial charge on any atom is -0.496 e. The van der Waals surface area contributed by atoms with E-state index in [1.807, 2.05) is 24.9 Å². The number of esters is 1. The summed E-state index contributed by atoms with van der Waals surface area (Å²) in [6, 6.07) is 4.77. The van der Waals surface area contributed by atoms with E-state index in [4.69, 9.17) is 14.2 Å². The number of piperidine rings is 1. The highest BCUT2D eigenvalue weighted by Gasteiger charge is 2.35. The fraction of sp³-hybridized carbons (Fsp3) is 0.435. The molecule has 0 amide bonds. The number of halogens is 3. The minimum atomic E-state index is -4.54. The smallest absolute Gasteiger partial charge is 0.434 e. The highest BCUT2D eigenvalue weighted by atomic mass is 32.1. The first-order valence-electron chi connectivity index (χ1n) is 10.6. The normalized spacial score (nSPS) is 19.3. The number of carbonyl (C=O) groups excluding carboxylic acids is 1. The molecule has 182 valence electrons. The summed E-state index contributed by atoms with van der Waals surface area (Å²) in [7, 11) is 4.74. The van der Waals surface area contributed by atoms with Crippen molar-refractivity contribution in [2.24, 2.45) is 0 Å². The number of thiazole rings is 1. The summed E-state index contributed by atoms with van der Waals surface area (Å²) < 4.78 is 56.0. The Bertz CT molecular complexity index is 1210. The van der Waals surface area contributed by atoms with Gasteiger partial charge in [0.25, 0.3) is 0 Å². The number of benzene rings is 1. The van der Waals surface area contributed by atoms with E-state index >= 15 is 0 Å². The average molecular weight is 496 g/mol. The molecule has 7 nitrogen and oxygen atoms in total. The van der Waals surface area contributed by atoms with Crippen LogP contribution >= 0.6 is 11.3 Å². The Morgan fingerprint density at radius 1 is 1.21 bits per heavy atom. The molecule has 0 radical (unpaired) electrons. The Labute approximate surface area is 198 Å². The maximum absolute atomic E-state index is 13.1. The van der Waals surface area contributed by atoms with Gasteiger partial charge in [-0.05, 0) is 32.5 Å². The molecule has 1 saturated heterocycles. The van der Waals surface area contributed by atoms with E-state index in [1.54, 1.807) is 12.1 Å². The maximum atomic E-state index is 13.1.